The van der Waals surface area contributed by atoms with Crippen molar-refractivity contribution in [2.45, 2.75) is 27.2 Å². The van der Waals surface area contributed by atoms with Gasteiger partial charge >= 0.3 is 11.9 Å². The van der Waals surface area contributed by atoms with E-state index in [4.69, 9.17) is 10.2 Å². The van der Waals surface area contributed by atoms with Crippen LogP contribution >= 0.6 is 0 Å². The highest BCUT2D eigenvalue weighted by Crippen LogP contribution is 1.99. The number of carbonyl (C=O) groups is 2. The van der Waals surface area contributed by atoms with E-state index in [1.165, 1.54) is 0 Å². The lowest BCUT2D eigenvalue weighted by Crippen LogP contribution is -3.00. The normalized spacial score (nSPS) is 11.9. The number of rotatable bonds is 5. The van der Waals surface area contributed by atoms with E-state index in [-0.39, 0.29) is 12.4 Å². The van der Waals surface area contributed by atoms with Crippen LogP contribution in [0.2, 0.25) is 0 Å². The van der Waals surface area contributed by atoms with Crippen molar-refractivity contribution in [3.63, 3.8) is 0 Å². The molecule has 0 aliphatic rings. The molecule has 0 spiro atoms. The third-order valence-corrected chi connectivity index (χ3v) is 2.36. The van der Waals surface area contributed by atoms with Gasteiger partial charge in [0.15, 0.2) is 0 Å². The first-order valence-corrected chi connectivity index (χ1v) is 6.08. The Labute approximate surface area is 127 Å². The molecule has 0 aromatic carbocycles. The maximum absolute atomic E-state index is 10.4. The van der Waals surface area contributed by atoms with Gasteiger partial charge in [-0.15, -0.1) is 0 Å². The van der Waals surface area contributed by atoms with Crippen LogP contribution < -0.4 is 12.4 Å². The zero-order valence-corrected chi connectivity index (χ0v) is 13.9. The van der Waals surface area contributed by atoms with E-state index in [2.05, 4.69) is 21.1 Å². The molecule has 0 aliphatic carbocycles. The Morgan fingerprint density at radius 2 is 1.40 bits per heavy atom. The maximum Gasteiger partial charge on any atom is 0.330 e. The third-order valence-electron chi connectivity index (χ3n) is 2.36. The summed E-state index contributed by atoms with van der Waals surface area (Å²) in [7, 11) is 6.26. The Hall–Kier alpha value is -1.33. The van der Waals surface area contributed by atoms with E-state index in [0.29, 0.717) is 11.1 Å². The largest absolute Gasteiger partial charge is 1.00 e. The van der Waals surface area contributed by atoms with E-state index in [9.17, 15) is 9.59 Å². The SMILES string of the molecule is CC(=CCC[N+](C)(C)C)C(=O)O.CC=C(C)C(=O)O.[Cl-]. The minimum atomic E-state index is -0.845. The maximum atomic E-state index is 10.4. The fourth-order valence-corrected chi connectivity index (χ4v) is 0.879. The standard InChI is InChI=1S/C9H17NO2.C5H8O2.ClH/c1-8(9(11)12)6-5-7-10(2,3)4;1-3-4(2)5(6)7;/h6H,5,7H2,1-4H3;3H,1-2H3,(H,6,7);1H. The Morgan fingerprint density at radius 3 is 1.60 bits per heavy atom. The second-order valence-electron chi connectivity index (χ2n) is 5.27. The molecule has 0 amide bonds. The number of nitrogens with zero attached hydrogens (tertiary/aromatic N) is 1. The molecule has 2 N–H and O–H groups in total. The number of halogens is 1. The van der Waals surface area contributed by atoms with Gasteiger partial charge in [0, 0.05) is 17.6 Å². The van der Waals surface area contributed by atoms with Gasteiger partial charge in [-0.1, -0.05) is 12.2 Å². The molecule has 0 aromatic heterocycles. The van der Waals surface area contributed by atoms with Crippen molar-refractivity contribution in [2.24, 2.45) is 0 Å². The quantitative estimate of drug-likeness (QED) is 0.513. The van der Waals surface area contributed by atoms with Crippen LogP contribution in [-0.4, -0.2) is 54.3 Å². The molecule has 20 heavy (non-hydrogen) atoms. The minimum Gasteiger partial charge on any atom is -1.00 e. The molecule has 118 valence electrons. The predicted octanol–water partition coefficient (Wildman–Crippen LogP) is -0.845. The van der Waals surface area contributed by atoms with Crippen molar-refractivity contribution in [1.82, 2.24) is 0 Å². The van der Waals surface area contributed by atoms with Crippen LogP contribution in [0.1, 0.15) is 27.2 Å². The van der Waals surface area contributed by atoms with Crippen molar-refractivity contribution >= 4 is 11.9 Å². The molecule has 0 saturated heterocycles. The summed E-state index contributed by atoms with van der Waals surface area (Å²) in [4.78, 5) is 20.2. The number of aliphatic carboxylic acids is 2. The first-order valence-electron chi connectivity index (χ1n) is 6.08. The van der Waals surface area contributed by atoms with Gasteiger partial charge in [-0.3, -0.25) is 0 Å². The molecule has 0 heterocycles. The Bertz CT molecular complexity index is 368. The molecule has 0 fully saturated rings. The summed E-state index contributed by atoms with van der Waals surface area (Å²) in [6, 6.07) is 0. The van der Waals surface area contributed by atoms with Crippen LogP contribution in [-0.2, 0) is 9.59 Å². The molecule has 0 rings (SSSR count). The highest BCUT2D eigenvalue weighted by molar-refractivity contribution is 5.85. The number of carboxylic acid groups (broad SMARTS) is 2. The molecule has 0 aromatic rings. The topological polar surface area (TPSA) is 74.6 Å². The van der Waals surface area contributed by atoms with Crippen molar-refractivity contribution in [3.8, 4) is 0 Å². The average molecular weight is 308 g/mol. The van der Waals surface area contributed by atoms with Gasteiger partial charge in [-0.25, -0.2) is 9.59 Å². The molecule has 0 aliphatic heterocycles. The first-order chi connectivity index (χ1) is 8.51. The van der Waals surface area contributed by atoms with Gasteiger partial charge in [0.1, 0.15) is 0 Å². The second-order valence-corrected chi connectivity index (χ2v) is 5.27. The Morgan fingerprint density at radius 1 is 1.00 bits per heavy atom. The third kappa shape index (κ3) is 16.7. The van der Waals surface area contributed by atoms with E-state index in [1.807, 2.05) is 0 Å². The van der Waals surface area contributed by atoms with Crippen molar-refractivity contribution in [2.75, 3.05) is 27.7 Å². The monoisotopic (exact) mass is 307 g/mol. The van der Waals surface area contributed by atoms with Crippen molar-refractivity contribution in [1.29, 1.82) is 0 Å². The molecular formula is C14H26ClNO4. The highest BCUT2D eigenvalue weighted by atomic mass is 35.5. The summed E-state index contributed by atoms with van der Waals surface area (Å²) >= 11 is 0. The zero-order valence-electron chi connectivity index (χ0n) is 13.1. The van der Waals surface area contributed by atoms with Crippen LogP contribution in [0.5, 0.6) is 0 Å². The summed E-state index contributed by atoms with van der Waals surface area (Å²) in [6.45, 7) is 5.84. The lowest BCUT2D eigenvalue weighted by molar-refractivity contribution is -0.869. The molecule has 0 atom stereocenters. The summed E-state index contributed by atoms with van der Waals surface area (Å²) in [6.07, 6.45) is 4.15. The van der Waals surface area contributed by atoms with Gasteiger partial charge in [0.2, 0.25) is 0 Å². The molecule has 6 heteroatoms. The van der Waals surface area contributed by atoms with E-state index < -0.39 is 11.9 Å². The molecule has 0 saturated carbocycles. The smallest absolute Gasteiger partial charge is 0.330 e. The van der Waals surface area contributed by atoms with E-state index >= 15 is 0 Å². The molecule has 5 nitrogen and oxygen atoms in total. The number of hydrogen-bond donors (Lipinski definition) is 2. The summed E-state index contributed by atoms with van der Waals surface area (Å²) in [5.41, 5.74) is 0.823. The number of hydrogen-bond acceptors (Lipinski definition) is 2. The lowest BCUT2D eigenvalue weighted by Gasteiger charge is -2.22. The molecular weight excluding hydrogens is 282 g/mol. The van der Waals surface area contributed by atoms with Gasteiger partial charge in [0.25, 0.3) is 0 Å². The lowest BCUT2D eigenvalue weighted by atomic mass is 10.2. The van der Waals surface area contributed by atoms with Crippen LogP contribution in [0.3, 0.4) is 0 Å². The van der Waals surface area contributed by atoms with Crippen molar-refractivity contribution < 1.29 is 36.7 Å². The van der Waals surface area contributed by atoms with Crippen LogP contribution in [0, 0.1) is 0 Å². The highest BCUT2D eigenvalue weighted by Gasteiger charge is 2.05. The second kappa shape index (κ2) is 11.5. The van der Waals surface area contributed by atoms with Crippen LogP contribution in [0.25, 0.3) is 0 Å². The fourth-order valence-electron chi connectivity index (χ4n) is 0.879. The van der Waals surface area contributed by atoms with Gasteiger partial charge in [0.05, 0.1) is 27.7 Å². The van der Waals surface area contributed by atoms with E-state index in [1.54, 1.807) is 32.9 Å². The minimum absolute atomic E-state index is 0. The zero-order chi connectivity index (χ0) is 15.6. The van der Waals surface area contributed by atoms with Gasteiger partial charge in [-0.05, 0) is 20.8 Å². The van der Waals surface area contributed by atoms with Crippen LogP contribution in [0.4, 0.5) is 0 Å². The van der Waals surface area contributed by atoms with E-state index in [0.717, 1.165) is 17.4 Å². The number of allylic oxidation sites excluding steroid dienone is 1. The molecule has 0 bridgehead atoms. The van der Waals surface area contributed by atoms with Crippen molar-refractivity contribution in [3.05, 3.63) is 23.3 Å². The fraction of sp³-hybridized carbons (Fsp3) is 0.571. The summed E-state index contributed by atoms with van der Waals surface area (Å²) in [5.74, 6) is -1.67. The number of quaternary nitrogens is 1. The Kier molecular flexibility index (Phi) is 13.6. The first kappa shape index (κ1) is 23.7. The van der Waals surface area contributed by atoms with Gasteiger partial charge in [-0.2, -0.15) is 0 Å². The number of carboxylic acids is 2. The molecule has 0 unspecified atom stereocenters. The summed E-state index contributed by atoms with van der Waals surface area (Å²) in [5, 5.41) is 16.7. The summed E-state index contributed by atoms with van der Waals surface area (Å²) < 4.78 is 0.864. The Balaban J connectivity index is -0.000000312. The predicted molar refractivity (Wildman–Crippen MR) is 76.0 cm³/mol. The van der Waals surface area contributed by atoms with Gasteiger partial charge < -0.3 is 27.1 Å². The molecule has 0 radical (unpaired) electrons. The van der Waals surface area contributed by atoms with Crippen LogP contribution in [0.15, 0.2) is 23.3 Å². The average Bonchev–Trinajstić information content (AvgIpc) is 2.26.